The van der Waals surface area contributed by atoms with Gasteiger partial charge in [-0.1, -0.05) is 6.07 Å². The number of piperidine rings is 1. The van der Waals surface area contributed by atoms with Gasteiger partial charge in [-0.3, -0.25) is 15.0 Å². The SMILES string of the molecule is Cc1ccnc(C2=Nc3ccc(C4=Nc5ccc(N6CCC(O)CC6)cc5C4)cc3C2)c1. The Morgan fingerprint density at radius 3 is 2.38 bits per heavy atom. The zero-order valence-electron chi connectivity index (χ0n) is 18.3. The van der Waals surface area contributed by atoms with Gasteiger partial charge in [-0.05, 0) is 84.5 Å². The predicted octanol–water partition coefficient (Wildman–Crippen LogP) is 4.70. The van der Waals surface area contributed by atoms with Crippen molar-refractivity contribution in [3.05, 3.63) is 82.7 Å². The molecule has 0 amide bonds. The van der Waals surface area contributed by atoms with Crippen LogP contribution in [0.5, 0.6) is 0 Å². The molecule has 0 spiro atoms. The standard InChI is InChI=1S/C27H26N4O/c1-17-6-9-28-26(12-17)27-16-19-13-18(2-4-23(19)30-27)25-15-20-14-21(3-5-24(20)29-25)31-10-7-22(32)8-11-31/h2-6,9,12-14,22,32H,7-8,10-11,15-16H2,1H3. The maximum Gasteiger partial charge on any atom is 0.0850 e. The molecule has 5 heteroatoms. The fraction of sp³-hybridized carbons (Fsp3) is 0.296. The van der Waals surface area contributed by atoms with Crippen molar-refractivity contribution in [3.8, 4) is 0 Å². The van der Waals surface area contributed by atoms with Crippen LogP contribution in [0.25, 0.3) is 0 Å². The Morgan fingerprint density at radius 2 is 1.56 bits per heavy atom. The first-order valence-electron chi connectivity index (χ1n) is 11.4. The van der Waals surface area contributed by atoms with Gasteiger partial charge in [-0.2, -0.15) is 0 Å². The van der Waals surface area contributed by atoms with E-state index in [9.17, 15) is 5.11 Å². The van der Waals surface area contributed by atoms with E-state index >= 15 is 0 Å². The zero-order chi connectivity index (χ0) is 21.7. The van der Waals surface area contributed by atoms with E-state index in [0.29, 0.717) is 0 Å². The molecule has 0 radical (unpaired) electrons. The Bertz CT molecular complexity index is 1270. The molecule has 2 aromatic carbocycles. The number of aliphatic hydroxyl groups excluding tert-OH is 1. The maximum atomic E-state index is 9.79. The van der Waals surface area contributed by atoms with E-state index in [1.807, 2.05) is 12.3 Å². The number of aliphatic hydroxyl groups is 1. The van der Waals surface area contributed by atoms with E-state index in [1.165, 1.54) is 27.9 Å². The van der Waals surface area contributed by atoms with Crippen molar-refractivity contribution < 1.29 is 5.11 Å². The Balaban J connectivity index is 1.20. The van der Waals surface area contributed by atoms with Crippen LogP contribution in [-0.2, 0) is 12.8 Å². The van der Waals surface area contributed by atoms with Gasteiger partial charge in [0.25, 0.3) is 0 Å². The Morgan fingerprint density at radius 1 is 0.844 bits per heavy atom. The molecule has 0 aliphatic carbocycles. The minimum Gasteiger partial charge on any atom is -0.393 e. The number of nitrogens with zero attached hydrogens (tertiary/aromatic N) is 4. The molecule has 1 saturated heterocycles. The number of hydrogen-bond donors (Lipinski definition) is 1. The normalized spacial score (nSPS) is 17.8. The highest BCUT2D eigenvalue weighted by Crippen LogP contribution is 2.35. The lowest BCUT2D eigenvalue weighted by Crippen LogP contribution is -2.35. The number of fused-ring (bicyclic) bond motifs is 2. The van der Waals surface area contributed by atoms with Crippen molar-refractivity contribution in [3.63, 3.8) is 0 Å². The average Bonchev–Trinajstić information content (AvgIpc) is 3.43. The lowest BCUT2D eigenvalue weighted by atomic mass is 9.99. The van der Waals surface area contributed by atoms with Gasteiger partial charge in [-0.15, -0.1) is 0 Å². The number of benzene rings is 2. The highest BCUT2D eigenvalue weighted by Gasteiger charge is 2.23. The van der Waals surface area contributed by atoms with Crippen LogP contribution in [0.2, 0.25) is 0 Å². The maximum absolute atomic E-state index is 9.79. The van der Waals surface area contributed by atoms with Gasteiger partial charge in [-0.25, -0.2) is 0 Å². The topological polar surface area (TPSA) is 61.1 Å². The zero-order valence-corrected chi connectivity index (χ0v) is 18.3. The summed E-state index contributed by atoms with van der Waals surface area (Å²) in [5.41, 5.74) is 11.4. The van der Waals surface area contributed by atoms with Gasteiger partial charge in [0.1, 0.15) is 0 Å². The van der Waals surface area contributed by atoms with Crippen molar-refractivity contribution in [1.82, 2.24) is 4.98 Å². The lowest BCUT2D eigenvalue weighted by Gasteiger charge is -2.31. The first kappa shape index (κ1) is 19.4. The number of hydrogen-bond acceptors (Lipinski definition) is 5. The molecular formula is C27H26N4O. The van der Waals surface area contributed by atoms with E-state index in [-0.39, 0.29) is 6.10 Å². The minimum absolute atomic E-state index is 0.151. The summed E-state index contributed by atoms with van der Waals surface area (Å²) in [5, 5.41) is 9.79. The van der Waals surface area contributed by atoms with Gasteiger partial charge in [0.05, 0.1) is 34.6 Å². The predicted molar refractivity (Wildman–Crippen MR) is 129 cm³/mol. The molecule has 6 rings (SSSR count). The quantitative estimate of drug-likeness (QED) is 0.665. The lowest BCUT2D eigenvalue weighted by molar-refractivity contribution is 0.145. The molecule has 4 heterocycles. The number of aliphatic imine (C=N–C) groups is 2. The van der Waals surface area contributed by atoms with Crippen molar-refractivity contribution >= 4 is 28.5 Å². The van der Waals surface area contributed by atoms with E-state index in [2.05, 4.69) is 59.3 Å². The number of pyridine rings is 1. The van der Waals surface area contributed by atoms with Gasteiger partial charge in [0.2, 0.25) is 0 Å². The van der Waals surface area contributed by atoms with Crippen LogP contribution in [-0.4, -0.2) is 40.7 Å². The van der Waals surface area contributed by atoms with E-state index in [0.717, 1.165) is 67.3 Å². The Kier molecular flexibility index (Phi) is 4.65. The molecule has 1 fully saturated rings. The molecule has 0 bridgehead atoms. The second-order valence-corrected chi connectivity index (χ2v) is 9.06. The molecule has 1 N–H and O–H groups in total. The van der Waals surface area contributed by atoms with Crippen LogP contribution >= 0.6 is 0 Å². The third-order valence-corrected chi connectivity index (χ3v) is 6.74. The Hall–Kier alpha value is -3.31. The third kappa shape index (κ3) is 3.53. The summed E-state index contributed by atoms with van der Waals surface area (Å²) in [6.07, 6.45) is 5.05. The van der Waals surface area contributed by atoms with Crippen LogP contribution in [0, 0.1) is 6.92 Å². The van der Waals surface area contributed by atoms with E-state index < -0.39 is 0 Å². The summed E-state index contributed by atoms with van der Waals surface area (Å²) in [4.78, 5) is 16.7. The molecule has 32 heavy (non-hydrogen) atoms. The van der Waals surface area contributed by atoms with Crippen molar-refractivity contribution in [2.75, 3.05) is 18.0 Å². The summed E-state index contributed by atoms with van der Waals surface area (Å²) < 4.78 is 0. The summed E-state index contributed by atoms with van der Waals surface area (Å²) in [7, 11) is 0. The molecule has 0 saturated carbocycles. The highest BCUT2D eigenvalue weighted by atomic mass is 16.3. The molecule has 3 aliphatic rings. The summed E-state index contributed by atoms with van der Waals surface area (Å²) in [5.74, 6) is 0. The number of aromatic nitrogens is 1. The molecule has 1 aromatic heterocycles. The summed E-state index contributed by atoms with van der Waals surface area (Å²) in [6, 6.07) is 17.2. The largest absolute Gasteiger partial charge is 0.393 e. The third-order valence-electron chi connectivity index (χ3n) is 6.74. The first-order valence-corrected chi connectivity index (χ1v) is 11.4. The second kappa shape index (κ2) is 7.68. The first-order chi connectivity index (χ1) is 15.6. The van der Waals surface area contributed by atoms with Gasteiger partial charge >= 0.3 is 0 Å². The van der Waals surface area contributed by atoms with Crippen LogP contribution < -0.4 is 4.90 Å². The molecule has 3 aromatic rings. The summed E-state index contributed by atoms with van der Waals surface area (Å²) in [6.45, 7) is 3.91. The smallest absolute Gasteiger partial charge is 0.0850 e. The fourth-order valence-electron chi connectivity index (χ4n) is 4.90. The molecule has 5 nitrogen and oxygen atoms in total. The molecule has 3 aliphatic heterocycles. The van der Waals surface area contributed by atoms with Gasteiger partial charge in [0, 0.05) is 37.8 Å². The molecule has 160 valence electrons. The summed E-state index contributed by atoms with van der Waals surface area (Å²) >= 11 is 0. The molecule has 0 atom stereocenters. The van der Waals surface area contributed by atoms with Crippen LogP contribution in [0.15, 0.2) is 64.7 Å². The second-order valence-electron chi connectivity index (χ2n) is 9.06. The monoisotopic (exact) mass is 422 g/mol. The van der Waals surface area contributed by atoms with Crippen LogP contribution in [0.4, 0.5) is 17.1 Å². The van der Waals surface area contributed by atoms with Gasteiger partial charge < -0.3 is 10.0 Å². The molecular weight excluding hydrogens is 396 g/mol. The van der Waals surface area contributed by atoms with E-state index in [4.69, 9.17) is 9.98 Å². The average molecular weight is 423 g/mol. The fourth-order valence-corrected chi connectivity index (χ4v) is 4.90. The number of anilines is 1. The highest BCUT2D eigenvalue weighted by molar-refractivity contribution is 6.09. The minimum atomic E-state index is -0.151. The van der Waals surface area contributed by atoms with Crippen LogP contribution in [0.1, 0.15) is 40.8 Å². The number of aryl methyl sites for hydroxylation is 1. The Labute approximate surface area is 188 Å². The van der Waals surface area contributed by atoms with Gasteiger partial charge in [0.15, 0.2) is 0 Å². The number of rotatable bonds is 3. The van der Waals surface area contributed by atoms with Crippen molar-refractivity contribution in [2.24, 2.45) is 9.98 Å². The van der Waals surface area contributed by atoms with Crippen molar-refractivity contribution in [2.45, 2.75) is 38.7 Å². The molecule has 0 unspecified atom stereocenters. The van der Waals surface area contributed by atoms with E-state index in [1.54, 1.807) is 0 Å². The van der Waals surface area contributed by atoms with Crippen LogP contribution in [0.3, 0.4) is 0 Å². The van der Waals surface area contributed by atoms with Crippen molar-refractivity contribution in [1.29, 1.82) is 0 Å².